The second-order valence-corrected chi connectivity index (χ2v) is 5.32. The Morgan fingerprint density at radius 3 is 2.48 bits per heavy atom. The van der Waals surface area contributed by atoms with E-state index in [2.05, 4.69) is 5.16 Å². The van der Waals surface area contributed by atoms with Crippen LogP contribution < -0.4 is 10.5 Å². The van der Waals surface area contributed by atoms with Gasteiger partial charge in [-0.2, -0.15) is 0 Å². The van der Waals surface area contributed by atoms with E-state index >= 15 is 0 Å². The van der Waals surface area contributed by atoms with Crippen LogP contribution in [0.3, 0.4) is 0 Å². The molecule has 110 valence electrons. The molecular weight excluding hydrogens is 288 g/mol. The van der Waals surface area contributed by atoms with Crippen molar-refractivity contribution in [2.75, 3.05) is 0 Å². The van der Waals surface area contributed by atoms with Crippen molar-refractivity contribution in [2.45, 2.75) is 20.8 Å². The van der Waals surface area contributed by atoms with Crippen molar-refractivity contribution in [1.82, 2.24) is 0 Å². The summed E-state index contributed by atoms with van der Waals surface area (Å²) in [6.45, 7) is 5.99. The lowest BCUT2D eigenvalue weighted by Gasteiger charge is -2.16. The highest BCUT2D eigenvalue weighted by molar-refractivity contribution is 6.31. The Morgan fingerprint density at radius 2 is 1.81 bits per heavy atom. The number of benzene rings is 2. The maximum atomic E-state index is 8.89. The zero-order valence-electron chi connectivity index (χ0n) is 12.1. The standard InChI is InChI=1S/C16H17ClN2O2/c1-9-4-5-10(2)15(11(9)3)21-14-7-6-12(17)8-13(14)16(18)19-20/h4-8,20H,1-3H3,(H2,18,19). The fourth-order valence-corrected chi connectivity index (χ4v) is 2.21. The van der Waals surface area contributed by atoms with Crippen LogP contribution in [0.15, 0.2) is 35.5 Å². The molecule has 0 radical (unpaired) electrons. The zero-order chi connectivity index (χ0) is 15.6. The minimum Gasteiger partial charge on any atom is -0.456 e. The molecular formula is C16H17ClN2O2. The Morgan fingerprint density at radius 1 is 1.14 bits per heavy atom. The van der Waals surface area contributed by atoms with Gasteiger partial charge in [-0.25, -0.2) is 0 Å². The molecule has 0 spiro atoms. The predicted octanol–water partition coefficient (Wildman–Crippen LogP) is 4.15. The fraction of sp³-hybridized carbons (Fsp3) is 0.188. The summed E-state index contributed by atoms with van der Waals surface area (Å²) in [5, 5.41) is 12.4. The second-order valence-electron chi connectivity index (χ2n) is 4.88. The van der Waals surface area contributed by atoms with Crippen molar-refractivity contribution in [2.24, 2.45) is 10.9 Å². The third kappa shape index (κ3) is 3.11. The summed E-state index contributed by atoms with van der Waals surface area (Å²) in [5.41, 5.74) is 9.33. The molecule has 0 amide bonds. The van der Waals surface area contributed by atoms with Crippen molar-refractivity contribution in [3.63, 3.8) is 0 Å². The van der Waals surface area contributed by atoms with Gasteiger partial charge in [0.25, 0.3) is 0 Å². The number of amidine groups is 1. The van der Waals surface area contributed by atoms with Crippen LogP contribution >= 0.6 is 11.6 Å². The van der Waals surface area contributed by atoms with Gasteiger partial charge in [0.05, 0.1) is 5.56 Å². The van der Waals surface area contributed by atoms with E-state index in [1.165, 1.54) is 0 Å². The lowest BCUT2D eigenvalue weighted by atomic mass is 10.1. The molecule has 0 fully saturated rings. The Hall–Kier alpha value is -2.20. The summed E-state index contributed by atoms with van der Waals surface area (Å²) in [6, 6.07) is 9.05. The molecule has 0 aliphatic carbocycles. The molecule has 2 rings (SSSR count). The average Bonchev–Trinajstić information content (AvgIpc) is 2.48. The quantitative estimate of drug-likeness (QED) is 0.387. The SMILES string of the molecule is Cc1ccc(C)c(Oc2ccc(Cl)cc2C(N)=NO)c1C. The van der Waals surface area contributed by atoms with Crippen LogP contribution in [0.1, 0.15) is 22.3 Å². The Balaban J connectivity index is 2.53. The molecule has 3 N–H and O–H groups in total. The van der Waals surface area contributed by atoms with Crippen LogP contribution in [0.2, 0.25) is 5.02 Å². The van der Waals surface area contributed by atoms with Crippen molar-refractivity contribution in [1.29, 1.82) is 0 Å². The first kappa shape index (κ1) is 15.2. The van der Waals surface area contributed by atoms with Gasteiger partial charge in [0.1, 0.15) is 11.5 Å². The largest absolute Gasteiger partial charge is 0.456 e. The van der Waals surface area contributed by atoms with E-state index in [0.717, 1.165) is 22.4 Å². The van der Waals surface area contributed by atoms with E-state index < -0.39 is 0 Å². The third-order valence-electron chi connectivity index (χ3n) is 3.41. The van der Waals surface area contributed by atoms with E-state index in [1.54, 1.807) is 18.2 Å². The molecule has 0 heterocycles. The zero-order valence-corrected chi connectivity index (χ0v) is 12.9. The molecule has 5 heteroatoms. The lowest BCUT2D eigenvalue weighted by Crippen LogP contribution is -2.14. The first-order valence-corrected chi connectivity index (χ1v) is 6.84. The normalized spacial score (nSPS) is 11.5. The molecule has 0 saturated heterocycles. The first-order valence-electron chi connectivity index (χ1n) is 6.46. The third-order valence-corrected chi connectivity index (χ3v) is 3.65. The smallest absolute Gasteiger partial charge is 0.173 e. The molecule has 0 unspecified atom stereocenters. The van der Waals surface area contributed by atoms with Crippen LogP contribution in [-0.2, 0) is 0 Å². The van der Waals surface area contributed by atoms with Crippen LogP contribution in [0.5, 0.6) is 11.5 Å². The van der Waals surface area contributed by atoms with Crippen LogP contribution in [0, 0.1) is 20.8 Å². The average molecular weight is 305 g/mol. The van der Waals surface area contributed by atoms with Gasteiger partial charge in [-0.1, -0.05) is 28.9 Å². The summed E-state index contributed by atoms with van der Waals surface area (Å²) >= 11 is 5.96. The topological polar surface area (TPSA) is 67.8 Å². The number of nitrogens with zero attached hydrogens (tertiary/aromatic N) is 1. The van der Waals surface area contributed by atoms with E-state index in [-0.39, 0.29) is 5.84 Å². The number of hydrogen-bond donors (Lipinski definition) is 2. The summed E-state index contributed by atoms with van der Waals surface area (Å²) < 4.78 is 6.00. The Bertz CT molecular complexity index is 712. The highest BCUT2D eigenvalue weighted by Gasteiger charge is 2.13. The minimum atomic E-state index is -0.0459. The number of ether oxygens (including phenoxy) is 1. The minimum absolute atomic E-state index is 0.0459. The summed E-state index contributed by atoms with van der Waals surface area (Å²) in [4.78, 5) is 0. The molecule has 0 aliphatic heterocycles. The van der Waals surface area contributed by atoms with E-state index in [1.807, 2.05) is 32.9 Å². The number of nitrogens with two attached hydrogens (primary N) is 1. The molecule has 0 aromatic heterocycles. The van der Waals surface area contributed by atoms with Crippen molar-refractivity contribution in [3.05, 3.63) is 57.6 Å². The molecule has 2 aromatic carbocycles. The van der Waals surface area contributed by atoms with Gasteiger partial charge in [-0.15, -0.1) is 0 Å². The van der Waals surface area contributed by atoms with Crippen LogP contribution in [0.25, 0.3) is 0 Å². The number of oxime groups is 1. The van der Waals surface area contributed by atoms with Gasteiger partial charge < -0.3 is 15.7 Å². The van der Waals surface area contributed by atoms with Crippen molar-refractivity contribution < 1.29 is 9.94 Å². The number of halogens is 1. The first-order chi connectivity index (χ1) is 9.93. The number of hydrogen-bond acceptors (Lipinski definition) is 3. The van der Waals surface area contributed by atoms with Crippen molar-refractivity contribution in [3.8, 4) is 11.5 Å². The van der Waals surface area contributed by atoms with Gasteiger partial charge in [0, 0.05) is 5.02 Å². The van der Waals surface area contributed by atoms with Gasteiger partial charge in [-0.3, -0.25) is 0 Å². The number of rotatable bonds is 3. The molecule has 0 aliphatic rings. The monoisotopic (exact) mass is 304 g/mol. The maximum absolute atomic E-state index is 8.89. The number of aryl methyl sites for hydroxylation is 2. The molecule has 0 atom stereocenters. The highest BCUT2D eigenvalue weighted by atomic mass is 35.5. The fourth-order valence-electron chi connectivity index (χ4n) is 2.04. The molecule has 2 aromatic rings. The predicted molar refractivity (Wildman–Crippen MR) is 84.7 cm³/mol. The van der Waals surface area contributed by atoms with Gasteiger partial charge >= 0.3 is 0 Å². The summed E-state index contributed by atoms with van der Waals surface area (Å²) in [7, 11) is 0. The Kier molecular flexibility index (Phi) is 4.38. The van der Waals surface area contributed by atoms with Crippen LogP contribution in [0.4, 0.5) is 0 Å². The molecule has 4 nitrogen and oxygen atoms in total. The molecule has 0 saturated carbocycles. The molecule has 21 heavy (non-hydrogen) atoms. The highest BCUT2D eigenvalue weighted by Crippen LogP contribution is 2.33. The van der Waals surface area contributed by atoms with Gasteiger partial charge in [0.2, 0.25) is 0 Å². The second kappa shape index (κ2) is 6.06. The van der Waals surface area contributed by atoms with Crippen LogP contribution in [-0.4, -0.2) is 11.0 Å². The van der Waals surface area contributed by atoms with Gasteiger partial charge in [0.15, 0.2) is 5.84 Å². The summed E-state index contributed by atoms with van der Waals surface area (Å²) in [5.74, 6) is 1.21. The van der Waals surface area contributed by atoms with E-state index in [0.29, 0.717) is 16.3 Å². The molecule has 0 bridgehead atoms. The maximum Gasteiger partial charge on any atom is 0.173 e. The van der Waals surface area contributed by atoms with E-state index in [4.69, 9.17) is 27.3 Å². The van der Waals surface area contributed by atoms with Crippen molar-refractivity contribution >= 4 is 17.4 Å². The van der Waals surface area contributed by atoms with Gasteiger partial charge in [-0.05, 0) is 55.7 Å². The summed E-state index contributed by atoms with van der Waals surface area (Å²) in [6.07, 6.45) is 0. The lowest BCUT2D eigenvalue weighted by molar-refractivity contribution is 0.318. The van der Waals surface area contributed by atoms with E-state index in [9.17, 15) is 0 Å². The Labute approximate surface area is 128 Å².